The lowest BCUT2D eigenvalue weighted by atomic mass is 10.1. The Hall–Kier alpha value is -2.52. The largest absolute Gasteiger partial charge is 0.354 e. The number of carbonyl (C=O) groups is 1. The van der Waals surface area contributed by atoms with Crippen molar-refractivity contribution in [3.63, 3.8) is 0 Å². The molecule has 9 heteroatoms. The van der Waals surface area contributed by atoms with E-state index in [0.29, 0.717) is 25.1 Å². The molecule has 2 aromatic rings. The van der Waals surface area contributed by atoms with E-state index in [4.69, 9.17) is 5.14 Å². The van der Waals surface area contributed by atoms with Crippen molar-refractivity contribution in [2.45, 2.75) is 31.2 Å². The molecule has 0 aliphatic heterocycles. The van der Waals surface area contributed by atoms with Gasteiger partial charge in [-0.3, -0.25) is 14.2 Å². The van der Waals surface area contributed by atoms with Crippen molar-refractivity contribution in [3.05, 3.63) is 58.3 Å². The molecule has 134 valence electrons. The van der Waals surface area contributed by atoms with Gasteiger partial charge in [0, 0.05) is 18.3 Å². The van der Waals surface area contributed by atoms with E-state index in [9.17, 15) is 18.0 Å². The normalized spacial score (nSPS) is 11.3. The van der Waals surface area contributed by atoms with Gasteiger partial charge < -0.3 is 5.32 Å². The van der Waals surface area contributed by atoms with Crippen LogP contribution in [0.15, 0.2) is 46.3 Å². The fourth-order valence-corrected chi connectivity index (χ4v) is 2.69. The van der Waals surface area contributed by atoms with Crippen molar-refractivity contribution in [2.24, 2.45) is 5.14 Å². The Bertz CT molecular complexity index is 904. The number of nitrogens with two attached hydrogens (primary N) is 1. The lowest BCUT2D eigenvalue weighted by Crippen LogP contribution is -2.33. The standard InChI is InChI=1S/C16H20N4O4S/c1-2-13-9-16(22)20(11-19-13)10-15(21)18-8-7-12-3-5-14(6-4-12)25(17,23)24/h3-6,9,11H,2,7-8,10H2,1H3,(H,18,21)(H2,17,23,24). The average Bonchev–Trinajstić information content (AvgIpc) is 2.56. The first-order valence-electron chi connectivity index (χ1n) is 7.73. The summed E-state index contributed by atoms with van der Waals surface area (Å²) in [6.07, 6.45) is 2.55. The molecule has 0 spiro atoms. The molecule has 3 N–H and O–H groups in total. The summed E-state index contributed by atoms with van der Waals surface area (Å²) >= 11 is 0. The smallest absolute Gasteiger partial charge is 0.253 e. The van der Waals surface area contributed by atoms with Crippen LogP contribution in [0, 0.1) is 0 Å². The third kappa shape index (κ3) is 5.50. The molecule has 0 aliphatic carbocycles. The number of nitrogens with one attached hydrogen (secondary N) is 1. The Morgan fingerprint density at radius 1 is 1.28 bits per heavy atom. The topological polar surface area (TPSA) is 124 Å². The molecule has 0 saturated carbocycles. The van der Waals surface area contributed by atoms with Crippen LogP contribution in [0.25, 0.3) is 0 Å². The number of rotatable bonds is 7. The van der Waals surface area contributed by atoms with Gasteiger partial charge in [0.2, 0.25) is 15.9 Å². The monoisotopic (exact) mass is 364 g/mol. The van der Waals surface area contributed by atoms with E-state index in [1.54, 1.807) is 12.1 Å². The molecule has 1 aromatic carbocycles. The van der Waals surface area contributed by atoms with Gasteiger partial charge in [-0.1, -0.05) is 19.1 Å². The summed E-state index contributed by atoms with van der Waals surface area (Å²) in [6, 6.07) is 7.55. The van der Waals surface area contributed by atoms with Crippen LogP contribution in [0.1, 0.15) is 18.2 Å². The van der Waals surface area contributed by atoms with E-state index < -0.39 is 10.0 Å². The summed E-state index contributed by atoms with van der Waals surface area (Å²) in [7, 11) is -3.71. The number of amides is 1. The van der Waals surface area contributed by atoms with E-state index in [2.05, 4.69) is 10.3 Å². The molecule has 0 unspecified atom stereocenters. The molecule has 2 rings (SSSR count). The number of sulfonamides is 1. The second-order valence-electron chi connectivity index (χ2n) is 5.49. The van der Waals surface area contributed by atoms with E-state index in [0.717, 1.165) is 5.56 Å². The summed E-state index contributed by atoms with van der Waals surface area (Å²) in [5.41, 5.74) is 1.28. The molecule has 0 atom stereocenters. The molecular weight excluding hydrogens is 344 g/mol. The molecule has 0 fully saturated rings. The number of hydrogen-bond acceptors (Lipinski definition) is 5. The fraction of sp³-hybridized carbons (Fsp3) is 0.312. The average molecular weight is 364 g/mol. The molecule has 0 saturated heterocycles. The van der Waals surface area contributed by atoms with E-state index >= 15 is 0 Å². The maximum atomic E-state index is 11.9. The van der Waals surface area contributed by atoms with Gasteiger partial charge in [-0.05, 0) is 30.5 Å². The molecular formula is C16H20N4O4S. The second-order valence-corrected chi connectivity index (χ2v) is 7.05. The number of primary sulfonamides is 1. The van der Waals surface area contributed by atoms with Crippen molar-refractivity contribution in [2.75, 3.05) is 6.54 Å². The van der Waals surface area contributed by atoms with Gasteiger partial charge in [0.1, 0.15) is 6.54 Å². The first-order chi connectivity index (χ1) is 11.8. The zero-order valence-corrected chi connectivity index (χ0v) is 14.6. The molecule has 1 heterocycles. The van der Waals surface area contributed by atoms with Crippen LogP contribution in [0.5, 0.6) is 0 Å². The quantitative estimate of drug-likeness (QED) is 0.705. The summed E-state index contributed by atoms with van der Waals surface area (Å²) in [5, 5.41) is 7.74. The zero-order valence-electron chi connectivity index (χ0n) is 13.8. The highest BCUT2D eigenvalue weighted by atomic mass is 32.2. The summed E-state index contributed by atoms with van der Waals surface area (Å²) in [6.45, 7) is 2.16. The molecule has 8 nitrogen and oxygen atoms in total. The number of aromatic nitrogens is 2. The van der Waals surface area contributed by atoms with Gasteiger partial charge in [0.25, 0.3) is 5.56 Å². The fourth-order valence-electron chi connectivity index (χ4n) is 2.18. The molecule has 1 aromatic heterocycles. The van der Waals surface area contributed by atoms with Crippen molar-refractivity contribution in [3.8, 4) is 0 Å². The van der Waals surface area contributed by atoms with Crippen LogP contribution in [0.3, 0.4) is 0 Å². The molecule has 0 radical (unpaired) electrons. The number of hydrogen-bond donors (Lipinski definition) is 2. The van der Waals surface area contributed by atoms with Crippen molar-refractivity contribution in [1.82, 2.24) is 14.9 Å². The highest BCUT2D eigenvalue weighted by Crippen LogP contribution is 2.08. The predicted molar refractivity (Wildman–Crippen MR) is 92.4 cm³/mol. The first-order valence-corrected chi connectivity index (χ1v) is 9.28. The molecule has 0 bridgehead atoms. The van der Waals surface area contributed by atoms with Gasteiger partial charge in [-0.2, -0.15) is 0 Å². The Morgan fingerprint density at radius 2 is 1.96 bits per heavy atom. The Labute approximate surface area is 145 Å². The molecule has 1 amide bonds. The van der Waals surface area contributed by atoms with Gasteiger partial charge in [0.05, 0.1) is 11.2 Å². The minimum absolute atomic E-state index is 0.0442. The first kappa shape index (κ1) is 18.8. The highest BCUT2D eigenvalue weighted by molar-refractivity contribution is 7.89. The van der Waals surface area contributed by atoms with Crippen LogP contribution in [-0.4, -0.2) is 30.4 Å². The number of nitrogens with zero attached hydrogens (tertiary/aromatic N) is 2. The maximum Gasteiger partial charge on any atom is 0.253 e. The maximum absolute atomic E-state index is 11.9. The summed E-state index contributed by atoms with van der Waals surface area (Å²) in [4.78, 5) is 27.9. The number of benzene rings is 1. The van der Waals surface area contributed by atoms with Crippen LogP contribution in [-0.2, 0) is 34.2 Å². The van der Waals surface area contributed by atoms with E-state index in [1.165, 1.54) is 29.1 Å². The van der Waals surface area contributed by atoms with Crippen LogP contribution < -0.4 is 16.0 Å². The van der Waals surface area contributed by atoms with Gasteiger partial charge in [-0.25, -0.2) is 18.5 Å². The summed E-state index contributed by atoms with van der Waals surface area (Å²) < 4.78 is 23.6. The van der Waals surface area contributed by atoms with Gasteiger partial charge >= 0.3 is 0 Å². The second kappa shape index (κ2) is 8.04. The third-order valence-corrected chi connectivity index (χ3v) is 4.53. The molecule has 0 aliphatic rings. The Morgan fingerprint density at radius 3 is 2.52 bits per heavy atom. The summed E-state index contributed by atoms with van der Waals surface area (Å²) in [5.74, 6) is -0.297. The highest BCUT2D eigenvalue weighted by Gasteiger charge is 2.08. The molecule has 25 heavy (non-hydrogen) atoms. The minimum Gasteiger partial charge on any atom is -0.354 e. The van der Waals surface area contributed by atoms with Crippen LogP contribution in [0.2, 0.25) is 0 Å². The lowest BCUT2D eigenvalue weighted by molar-refractivity contribution is -0.121. The minimum atomic E-state index is -3.71. The van der Waals surface area contributed by atoms with Crippen LogP contribution >= 0.6 is 0 Å². The van der Waals surface area contributed by atoms with Gasteiger partial charge in [-0.15, -0.1) is 0 Å². The Kier molecular flexibility index (Phi) is 6.05. The number of carbonyl (C=O) groups excluding carboxylic acids is 1. The Balaban J connectivity index is 1.85. The lowest BCUT2D eigenvalue weighted by Gasteiger charge is -2.08. The van der Waals surface area contributed by atoms with Gasteiger partial charge in [0.15, 0.2) is 0 Å². The third-order valence-electron chi connectivity index (χ3n) is 3.60. The van der Waals surface area contributed by atoms with Crippen molar-refractivity contribution < 1.29 is 13.2 Å². The zero-order chi connectivity index (χ0) is 18.4. The van der Waals surface area contributed by atoms with Crippen molar-refractivity contribution >= 4 is 15.9 Å². The van der Waals surface area contributed by atoms with Crippen molar-refractivity contribution in [1.29, 1.82) is 0 Å². The van der Waals surface area contributed by atoms with E-state index in [1.807, 2.05) is 6.92 Å². The van der Waals surface area contributed by atoms with E-state index in [-0.39, 0.29) is 22.9 Å². The number of aryl methyl sites for hydroxylation is 1. The van der Waals surface area contributed by atoms with Crippen LogP contribution in [0.4, 0.5) is 0 Å². The SMILES string of the molecule is CCc1cc(=O)n(CC(=O)NCCc2ccc(S(N)(=O)=O)cc2)cn1. The predicted octanol–water partition coefficient (Wildman–Crippen LogP) is -0.188.